The van der Waals surface area contributed by atoms with Gasteiger partial charge in [0.15, 0.2) is 5.69 Å². The summed E-state index contributed by atoms with van der Waals surface area (Å²) < 4.78 is 7.82. The third kappa shape index (κ3) is 2.13. The molecule has 0 bridgehead atoms. The maximum absolute atomic E-state index is 11.6. The molecule has 2 heterocycles. The van der Waals surface area contributed by atoms with Crippen molar-refractivity contribution in [3.63, 3.8) is 0 Å². The number of carbonyl (C=O) groups excluding carboxylic acids is 1. The van der Waals surface area contributed by atoms with Crippen LogP contribution in [0.2, 0.25) is 0 Å². The molecule has 0 spiro atoms. The zero-order valence-electron chi connectivity index (χ0n) is 7.84. The molecule has 0 fully saturated rings. The van der Waals surface area contributed by atoms with Crippen molar-refractivity contribution >= 4 is 23.3 Å². The van der Waals surface area contributed by atoms with Crippen LogP contribution in [0.15, 0.2) is 18.5 Å². The van der Waals surface area contributed by atoms with Gasteiger partial charge in [-0.3, -0.25) is 4.79 Å². The topological polar surface area (TPSA) is 80.7 Å². The van der Waals surface area contributed by atoms with Gasteiger partial charge in [0.1, 0.15) is 0 Å². The number of nitrogens with one attached hydrogen (secondary N) is 1. The van der Waals surface area contributed by atoms with Crippen molar-refractivity contribution < 1.29 is 4.79 Å². The number of hydrogen-bond acceptors (Lipinski definition) is 6. The molecular weight excluding hydrogens is 214 g/mol. The summed E-state index contributed by atoms with van der Waals surface area (Å²) in [6.07, 6.45) is 2.97. The molecular formula is C8H7N5OS. The summed E-state index contributed by atoms with van der Waals surface area (Å²) in [5, 5.41) is 9.90. The molecule has 7 heteroatoms. The number of nitrogens with zero attached hydrogens (tertiary/aromatic N) is 4. The van der Waals surface area contributed by atoms with Crippen molar-refractivity contribution in [2.45, 2.75) is 6.92 Å². The molecule has 0 aliphatic carbocycles. The fraction of sp³-hybridized carbons (Fsp3) is 0.125. The highest BCUT2D eigenvalue weighted by Crippen LogP contribution is 2.08. The van der Waals surface area contributed by atoms with Gasteiger partial charge >= 0.3 is 0 Å². The van der Waals surface area contributed by atoms with Crippen LogP contribution in [-0.2, 0) is 0 Å². The standard InChI is InChI=1S/C8H7N5OS/c1-5-7(13-15-12-5)8(14)11-6-2-3-9-10-4-6/h2-4H,1H3,(H,9,11,14). The predicted molar refractivity (Wildman–Crippen MR) is 54.6 cm³/mol. The average molecular weight is 221 g/mol. The molecule has 0 aromatic carbocycles. The molecule has 0 radical (unpaired) electrons. The Morgan fingerprint density at radius 2 is 2.27 bits per heavy atom. The molecule has 0 aliphatic rings. The molecule has 2 rings (SSSR count). The molecule has 15 heavy (non-hydrogen) atoms. The highest BCUT2D eigenvalue weighted by atomic mass is 32.1. The van der Waals surface area contributed by atoms with Gasteiger partial charge in [0, 0.05) is 0 Å². The highest BCUT2D eigenvalue weighted by Gasteiger charge is 2.13. The van der Waals surface area contributed by atoms with Crippen molar-refractivity contribution in [2.24, 2.45) is 0 Å². The van der Waals surface area contributed by atoms with E-state index < -0.39 is 0 Å². The van der Waals surface area contributed by atoms with Crippen molar-refractivity contribution in [3.05, 3.63) is 29.8 Å². The van der Waals surface area contributed by atoms with E-state index in [4.69, 9.17) is 0 Å². The monoisotopic (exact) mass is 221 g/mol. The maximum atomic E-state index is 11.6. The summed E-state index contributed by atoms with van der Waals surface area (Å²) in [6, 6.07) is 1.65. The first-order valence-electron chi connectivity index (χ1n) is 4.14. The number of aryl methyl sites for hydroxylation is 1. The van der Waals surface area contributed by atoms with Crippen LogP contribution in [0.25, 0.3) is 0 Å². The summed E-state index contributed by atoms with van der Waals surface area (Å²) in [4.78, 5) is 11.6. The molecule has 1 N–H and O–H groups in total. The van der Waals surface area contributed by atoms with Crippen LogP contribution in [0, 0.1) is 6.92 Å². The van der Waals surface area contributed by atoms with Crippen LogP contribution in [-0.4, -0.2) is 24.9 Å². The average Bonchev–Trinajstić information content (AvgIpc) is 2.66. The lowest BCUT2D eigenvalue weighted by molar-refractivity contribution is 0.102. The Morgan fingerprint density at radius 3 is 2.87 bits per heavy atom. The Kier molecular flexibility index (Phi) is 2.64. The van der Waals surface area contributed by atoms with Crippen molar-refractivity contribution in [1.82, 2.24) is 18.9 Å². The van der Waals surface area contributed by atoms with Gasteiger partial charge in [0.2, 0.25) is 0 Å². The van der Waals surface area contributed by atoms with E-state index in [1.54, 1.807) is 13.0 Å². The minimum atomic E-state index is -0.283. The van der Waals surface area contributed by atoms with E-state index in [1.807, 2.05) is 0 Å². The number of amides is 1. The number of aromatic nitrogens is 4. The van der Waals surface area contributed by atoms with E-state index in [0.717, 1.165) is 11.7 Å². The lowest BCUT2D eigenvalue weighted by atomic mass is 10.3. The van der Waals surface area contributed by atoms with E-state index in [1.165, 1.54) is 12.4 Å². The first-order chi connectivity index (χ1) is 7.27. The number of carbonyl (C=O) groups is 1. The Bertz CT molecular complexity index is 469. The minimum absolute atomic E-state index is 0.283. The fourth-order valence-corrected chi connectivity index (χ4v) is 1.54. The van der Waals surface area contributed by atoms with E-state index in [2.05, 4.69) is 24.3 Å². The lowest BCUT2D eigenvalue weighted by Crippen LogP contribution is -2.13. The van der Waals surface area contributed by atoms with E-state index in [0.29, 0.717) is 17.1 Å². The van der Waals surface area contributed by atoms with Gasteiger partial charge in [-0.15, -0.1) is 0 Å². The Hall–Kier alpha value is -1.89. The van der Waals surface area contributed by atoms with E-state index >= 15 is 0 Å². The summed E-state index contributed by atoms with van der Waals surface area (Å²) in [7, 11) is 0. The smallest absolute Gasteiger partial charge is 0.277 e. The Labute approximate surface area is 89.7 Å². The first-order valence-corrected chi connectivity index (χ1v) is 4.87. The maximum Gasteiger partial charge on any atom is 0.277 e. The van der Waals surface area contributed by atoms with Crippen molar-refractivity contribution in [1.29, 1.82) is 0 Å². The van der Waals surface area contributed by atoms with Gasteiger partial charge in [-0.05, 0) is 13.0 Å². The van der Waals surface area contributed by atoms with Crippen LogP contribution in [0.1, 0.15) is 16.2 Å². The Morgan fingerprint density at radius 1 is 1.40 bits per heavy atom. The number of rotatable bonds is 2. The number of anilines is 1. The number of hydrogen-bond donors (Lipinski definition) is 1. The van der Waals surface area contributed by atoms with Crippen LogP contribution < -0.4 is 5.32 Å². The normalized spacial score (nSPS) is 9.93. The van der Waals surface area contributed by atoms with Gasteiger partial charge in [-0.2, -0.15) is 18.9 Å². The summed E-state index contributed by atoms with van der Waals surface area (Å²) in [5.41, 5.74) is 1.55. The third-order valence-electron chi connectivity index (χ3n) is 1.71. The zero-order chi connectivity index (χ0) is 10.7. The summed E-state index contributed by atoms with van der Waals surface area (Å²) >= 11 is 1.02. The summed E-state index contributed by atoms with van der Waals surface area (Å²) in [6.45, 7) is 1.74. The van der Waals surface area contributed by atoms with Gasteiger partial charge in [-0.25, -0.2) is 0 Å². The minimum Gasteiger partial charge on any atom is -0.319 e. The summed E-state index contributed by atoms with van der Waals surface area (Å²) in [5.74, 6) is -0.283. The fourth-order valence-electron chi connectivity index (χ4n) is 0.992. The van der Waals surface area contributed by atoms with Gasteiger partial charge in [-0.1, -0.05) is 0 Å². The molecule has 0 saturated heterocycles. The molecule has 2 aromatic heterocycles. The molecule has 6 nitrogen and oxygen atoms in total. The second-order valence-corrected chi connectivity index (χ2v) is 3.31. The highest BCUT2D eigenvalue weighted by molar-refractivity contribution is 6.99. The molecule has 0 saturated carbocycles. The molecule has 76 valence electrons. The molecule has 0 atom stereocenters. The molecule has 0 aliphatic heterocycles. The van der Waals surface area contributed by atoms with Gasteiger partial charge in [0.25, 0.3) is 5.91 Å². The molecule has 2 aromatic rings. The van der Waals surface area contributed by atoms with Crippen LogP contribution in [0.5, 0.6) is 0 Å². The zero-order valence-corrected chi connectivity index (χ0v) is 8.65. The first kappa shape index (κ1) is 9.66. The second kappa shape index (κ2) is 4.09. The van der Waals surface area contributed by atoms with E-state index in [9.17, 15) is 4.79 Å². The lowest BCUT2D eigenvalue weighted by Gasteiger charge is -2.00. The Balaban J connectivity index is 2.15. The van der Waals surface area contributed by atoms with Gasteiger partial charge < -0.3 is 5.32 Å². The second-order valence-electron chi connectivity index (χ2n) is 2.78. The van der Waals surface area contributed by atoms with E-state index in [-0.39, 0.29) is 5.91 Å². The largest absolute Gasteiger partial charge is 0.319 e. The van der Waals surface area contributed by atoms with Crippen molar-refractivity contribution in [3.8, 4) is 0 Å². The quantitative estimate of drug-likeness (QED) is 0.814. The molecule has 0 unspecified atom stereocenters. The van der Waals surface area contributed by atoms with Crippen LogP contribution in [0.3, 0.4) is 0 Å². The molecule has 1 amide bonds. The van der Waals surface area contributed by atoms with Gasteiger partial charge in [0.05, 0.1) is 35.5 Å². The predicted octanol–water partition coefficient (Wildman–Crippen LogP) is 0.889. The van der Waals surface area contributed by atoms with Crippen LogP contribution in [0.4, 0.5) is 5.69 Å². The SMILES string of the molecule is Cc1nsnc1C(=O)Nc1ccnnc1. The van der Waals surface area contributed by atoms with Crippen molar-refractivity contribution in [2.75, 3.05) is 5.32 Å². The third-order valence-corrected chi connectivity index (χ3v) is 2.33. The van der Waals surface area contributed by atoms with Crippen LogP contribution >= 0.6 is 11.7 Å².